The van der Waals surface area contributed by atoms with Crippen molar-refractivity contribution in [3.63, 3.8) is 0 Å². The minimum Gasteiger partial charge on any atom is -0.496 e. The average Bonchev–Trinajstić information content (AvgIpc) is 2.39. The third kappa shape index (κ3) is 3.80. The van der Waals surface area contributed by atoms with Crippen molar-refractivity contribution in [3.8, 4) is 0 Å². The summed E-state index contributed by atoms with van der Waals surface area (Å²) in [5.41, 5.74) is 3.39. The first-order valence-corrected chi connectivity index (χ1v) is 7.22. The molecule has 3 nitrogen and oxygen atoms in total. The lowest BCUT2D eigenvalue weighted by Crippen LogP contribution is -2.26. The number of ether oxygens (including phenoxy) is 1. The van der Waals surface area contributed by atoms with Crippen LogP contribution >= 0.6 is 0 Å². The number of hydrogen-bond acceptors (Lipinski definition) is 3. The molecule has 1 N–H and O–H groups in total. The summed E-state index contributed by atoms with van der Waals surface area (Å²) in [6.45, 7) is 8.10. The van der Waals surface area contributed by atoms with Gasteiger partial charge in [0.25, 0.3) is 0 Å². The van der Waals surface area contributed by atoms with Crippen LogP contribution in [0.1, 0.15) is 49.2 Å². The van der Waals surface area contributed by atoms with Crippen molar-refractivity contribution in [3.05, 3.63) is 40.9 Å². The van der Waals surface area contributed by atoms with Crippen LogP contribution in [0.4, 0.5) is 0 Å². The molecule has 19 heavy (non-hydrogen) atoms. The molecule has 1 aromatic heterocycles. The van der Waals surface area contributed by atoms with Crippen LogP contribution in [0, 0.1) is 13.8 Å². The van der Waals surface area contributed by atoms with Gasteiger partial charge in [-0.15, -0.1) is 0 Å². The van der Waals surface area contributed by atoms with Gasteiger partial charge < -0.3 is 10.1 Å². The highest BCUT2D eigenvalue weighted by molar-refractivity contribution is 5.29. The van der Waals surface area contributed by atoms with Crippen LogP contribution in [-0.4, -0.2) is 18.1 Å². The highest BCUT2D eigenvalue weighted by Crippen LogP contribution is 2.26. The summed E-state index contributed by atoms with van der Waals surface area (Å²) in [5, 5.41) is 3.59. The zero-order chi connectivity index (χ0) is 13.7. The van der Waals surface area contributed by atoms with E-state index in [2.05, 4.69) is 35.4 Å². The third-order valence-electron chi connectivity index (χ3n) is 3.28. The van der Waals surface area contributed by atoms with Crippen molar-refractivity contribution in [1.82, 2.24) is 10.3 Å². The van der Waals surface area contributed by atoms with E-state index in [1.54, 1.807) is 0 Å². The van der Waals surface area contributed by atoms with Gasteiger partial charge in [0, 0.05) is 11.4 Å². The lowest BCUT2D eigenvalue weighted by Gasteiger charge is -2.25. The predicted molar refractivity (Wildman–Crippen MR) is 78.0 cm³/mol. The Morgan fingerprint density at radius 3 is 2.63 bits per heavy atom. The second-order valence-electron chi connectivity index (χ2n) is 5.17. The van der Waals surface area contributed by atoms with E-state index in [1.807, 2.05) is 13.8 Å². The summed E-state index contributed by atoms with van der Waals surface area (Å²) in [5.74, 6) is 1.07. The Hall–Kier alpha value is -1.35. The van der Waals surface area contributed by atoms with Gasteiger partial charge >= 0.3 is 0 Å². The zero-order valence-electron chi connectivity index (χ0n) is 12.2. The van der Waals surface area contributed by atoms with Crippen molar-refractivity contribution in [1.29, 1.82) is 0 Å². The maximum atomic E-state index is 5.85. The van der Waals surface area contributed by atoms with Crippen LogP contribution < -0.4 is 5.32 Å². The number of aromatic nitrogens is 1. The summed E-state index contributed by atoms with van der Waals surface area (Å²) >= 11 is 0. The SMILES string of the molecule is CCCNC(C1=CCCCO1)c1cc(C)nc(C)c1. The molecular formula is C16H24N2O. The Morgan fingerprint density at radius 2 is 2.05 bits per heavy atom. The first-order chi connectivity index (χ1) is 9.20. The summed E-state index contributed by atoms with van der Waals surface area (Å²) in [7, 11) is 0. The predicted octanol–water partition coefficient (Wildman–Crippen LogP) is 3.43. The smallest absolute Gasteiger partial charge is 0.113 e. The van der Waals surface area contributed by atoms with Gasteiger partial charge in [0.2, 0.25) is 0 Å². The molecule has 1 unspecified atom stereocenters. The molecule has 0 fully saturated rings. The molecule has 1 atom stereocenters. The molecule has 2 heterocycles. The van der Waals surface area contributed by atoms with Crippen LogP contribution in [-0.2, 0) is 4.74 Å². The van der Waals surface area contributed by atoms with E-state index in [4.69, 9.17) is 4.74 Å². The van der Waals surface area contributed by atoms with E-state index in [1.165, 1.54) is 5.56 Å². The second-order valence-corrected chi connectivity index (χ2v) is 5.17. The fourth-order valence-corrected chi connectivity index (χ4v) is 2.48. The molecule has 3 heteroatoms. The normalized spacial score (nSPS) is 16.7. The maximum absolute atomic E-state index is 5.85. The van der Waals surface area contributed by atoms with Gasteiger partial charge in [0.15, 0.2) is 0 Å². The van der Waals surface area contributed by atoms with Crippen LogP contribution in [0.3, 0.4) is 0 Å². The highest BCUT2D eigenvalue weighted by Gasteiger charge is 2.20. The first-order valence-electron chi connectivity index (χ1n) is 7.22. The van der Waals surface area contributed by atoms with Gasteiger partial charge in [-0.2, -0.15) is 0 Å². The zero-order valence-corrected chi connectivity index (χ0v) is 12.2. The molecule has 0 aliphatic carbocycles. The van der Waals surface area contributed by atoms with Gasteiger partial charge in [-0.25, -0.2) is 0 Å². The van der Waals surface area contributed by atoms with E-state index in [9.17, 15) is 0 Å². The molecule has 0 bridgehead atoms. The fourth-order valence-electron chi connectivity index (χ4n) is 2.48. The Labute approximate surface area is 116 Å². The second kappa shape index (κ2) is 6.71. The van der Waals surface area contributed by atoms with Gasteiger partial charge in [-0.3, -0.25) is 4.98 Å². The summed E-state index contributed by atoms with van der Waals surface area (Å²) < 4.78 is 5.85. The summed E-state index contributed by atoms with van der Waals surface area (Å²) in [6, 6.07) is 4.47. The van der Waals surface area contributed by atoms with E-state index in [-0.39, 0.29) is 6.04 Å². The van der Waals surface area contributed by atoms with Gasteiger partial charge in [-0.1, -0.05) is 6.92 Å². The van der Waals surface area contributed by atoms with Crippen molar-refractivity contribution in [2.75, 3.05) is 13.2 Å². The van der Waals surface area contributed by atoms with Crippen molar-refractivity contribution >= 4 is 0 Å². The summed E-state index contributed by atoms with van der Waals surface area (Å²) in [4.78, 5) is 4.45. The summed E-state index contributed by atoms with van der Waals surface area (Å²) in [6.07, 6.45) is 5.58. The van der Waals surface area contributed by atoms with Crippen LogP contribution in [0.5, 0.6) is 0 Å². The van der Waals surface area contributed by atoms with Crippen molar-refractivity contribution in [2.45, 2.75) is 46.1 Å². The molecule has 1 aliphatic rings. The molecule has 0 radical (unpaired) electrons. The minimum absolute atomic E-state index is 0.167. The lowest BCUT2D eigenvalue weighted by molar-refractivity contribution is 0.167. The molecule has 0 amide bonds. The van der Waals surface area contributed by atoms with Gasteiger partial charge in [-0.05, 0) is 63.4 Å². The fraction of sp³-hybridized carbons (Fsp3) is 0.562. The van der Waals surface area contributed by atoms with E-state index >= 15 is 0 Å². The third-order valence-corrected chi connectivity index (χ3v) is 3.28. The number of allylic oxidation sites excluding steroid dienone is 1. The Morgan fingerprint density at radius 1 is 1.32 bits per heavy atom. The molecule has 0 spiro atoms. The maximum Gasteiger partial charge on any atom is 0.113 e. The molecule has 0 saturated heterocycles. The molecular weight excluding hydrogens is 236 g/mol. The van der Waals surface area contributed by atoms with Crippen molar-refractivity contribution in [2.24, 2.45) is 0 Å². The molecule has 104 valence electrons. The molecule has 2 rings (SSSR count). The van der Waals surface area contributed by atoms with Crippen LogP contribution in [0.25, 0.3) is 0 Å². The van der Waals surface area contributed by atoms with E-state index in [0.717, 1.165) is 49.6 Å². The molecule has 1 aliphatic heterocycles. The molecule has 0 saturated carbocycles. The molecule has 1 aromatic rings. The number of nitrogens with one attached hydrogen (secondary N) is 1. The van der Waals surface area contributed by atoms with Gasteiger partial charge in [0.05, 0.1) is 12.6 Å². The largest absolute Gasteiger partial charge is 0.496 e. The minimum atomic E-state index is 0.167. The van der Waals surface area contributed by atoms with Gasteiger partial charge in [0.1, 0.15) is 5.76 Å². The Kier molecular flexibility index (Phi) is 4.97. The van der Waals surface area contributed by atoms with E-state index in [0.29, 0.717) is 0 Å². The lowest BCUT2D eigenvalue weighted by atomic mass is 10.0. The number of pyridine rings is 1. The number of aryl methyl sites for hydroxylation is 2. The number of hydrogen-bond donors (Lipinski definition) is 1. The Bertz CT molecular complexity index is 434. The molecule has 0 aromatic carbocycles. The van der Waals surface area contributed by atoms with E-state index < -0.39 is 0 Å². The Balaban J connectivity index is 2.27. The van der Waals surface area contributed by atoms with Crippen LogP contribution in [0.2, 0.25) is 0 Å². The number of rotatable bonds is 5. The number of nitrogens with zero attached hydrogens (tertiary/aromatic N) is 1. The topological polar surface area (TPSA) is 34.1 Å². The highest BCUT2D eigenvalue weighted by atomic mass is 16.5. The quantitative estimate of drug-likeness (QED) is 0.880. The standard InChI is InChI=1S/C16H24N2O/c1-4-8-17-16(15-7-5-6-9-19-15)14-10-12(2)18-13(3)11-14/h7,10-11,16-17H,4-6,8-9H2,1-3H3. The first kappa shape index (κ1) is 14.1. The average molecular weight is 260 g/mol. The van der Waals surface area contributed by atoms with Crippen LogP contribution in [0.15, 0.2) is 24.0 Å². The van der Waals surface area contributed by atoms with Crippen molar-refractivity contribution < 1.29 is 4.74 Å². The monoisotopic (exact) mass is 260 g/mol.